The SMILES string of the molecule is COc1cccc(C=NNC(=O)CSc2cc(C)nc3c(OC)cccc23)c1OC. The van der Waals surface area contributed by atoms with Crippen molar-refractivity contribution in [2.45, 2.75) is 11.8 Å². The molecule has 0 radical (unpaired) electrons. The summed E-state index contributed by atoms with van der Waals surface area (Å²) < 4.78 is 16.0. The highest BCUT2D eigenvalue weighted by atomic mass is 32.2. The maximum absolute atomic E-state index is 12.3. The van der Waals surface area contributed by atoms with Crippen molar-refractivity contribution in [2.24, 2.45) is 5.10 Å². The van der Waals surface area contributed by atoms with Gasteiger partial charge >= 0.3 is 0 Å². The lowest BCUT2D eigenvalue weighted by molar-refractivity contribution is -0.118. The van der Waals surface area contributed by atoms with Crippen molar-refractivity contribution >= 4 is 34.8 Å². The number of fused-ring (bicyclic) bond motifs is 1. The number of methoxy groups -OCH3 is 3. The number of hydrogen-bond donors (Lipinski definition) is 1. The summed E-state index contributed by atoms with van der Waals surface area (Å²) in [5, 5.41) is 4.99. The van der Waals surface area contributed by atoms with E-state index in [4.69, 9.17) is 14.2 Å². The number of para-hydroxylation sites is 2. The van der Waals surface area contributed by atoms with Gasteiger partial charge in [-0.1, -0.05) is 18.2 Å². The first-order chi connectivity index (χ1) is 14.6. The lowest BCUT2D eigenvalue weighted by Crippen LogP contribution is -2.19. The van der Waals surface area contributed by atoms with E-state index in [1.54, 1.807) is 27.4 Å². The van der Waals surface area contributed by atoms with Crippen molar-refractivity contribution in [1.82, 2.24) is 10.4 Å². The van der Waals surface area contributed by atoms with Crippen LogP contribution in [0, 0.1) is 6.92 Å². The van der Waals surface area contributed by atoms with Gasteiger partial charge in [-0.25, -0.2) is 10.4 Å². The van der Waals surface area contributed by atoms with E-state index in [1.165, 1.54) is 18.0 Å². The molecule has 0 saturated heterocycles. The van der Waals surface area contributed by atoms with Gasteiger partial charge in [-0.2, -0.15) is 5.10 Å². The Labute approximate surface area is 179 Å². The molecule has 0 aliphatic heterocycles. The normalized spacial score (nSPS) is 10.9. The number of amides is 1. The zero-order chi connectivity index (χ0) is 21.5. The molecule has 0 saturated carbocycles. The first-order valence-electron chi connectivity index (χ1n) is 9.17. The molecular formula is C22H23N3O4S. The molecule has 3 aromatic rings. The molecule has 2 aromatic carbocycles. The molecule has 1 heterocycles. The lowest BCUT2D eigenvalue weighted by Gasteiger charge is -2.10. The number of rotatable bonds is 8. The summed E-state index contributed by atoms with van der Waals surface area (Å²) in [5.74, 6) is 1.85. The Morgan fingerprint density at radius 3 is 2.57 bits per heavy atom. The third kappa shape index (κ3) is 4.83. The van der Waals surface area contributed by atoms with Crippen molar-refractivity contribution in [3.63, 3.8) is 0 Å². The van der Waals surface area contributed by atoms with Gasteiger partial charge in [0.05, 0.1) is 33.3 Å². The van der Waals surface area contributed by atoms with E-state index < -0.39 is 0 Å². The van der Waals surface area contributed by atoms with E-state index in [-0.39, 0.29) is 11.7 Å². The first kappa shape index (κ1) is 21.4. The lowest BCUT2D eigenvalue weighted by atomic mass is 10.2. The van der Waals surface area contributed by atoms with Crippen molar-refractivity contribution in [3.8, 4) is 17.2 Å². The zero-order valence-corrected chi connectivity index (χ0v) is 18.1. The average molecular weight is 426 g/mol. The minimum absolute atomic E-state index is 0.211. The second kappa shape index (κ2) is 9.98. The third-order valence-electron chi connectivity index (χ3n) is 4.30. The minimum atomic E-state index is -0.219. The quantitative estimate of drug-likeness (QED) is 0.336. The van der Waals surface area contributed by atoms with Crippen LogP contribution in [0.25, 0.3) is 10.9 Å². The van der Waals surface area contributed by atoms with Crippen LogP contribution < -0.4 is 19.6 Å². The van der Waals surface area contributed by atoms with Crippen molar-refractivity contribution < 1.29 is 19.0 Å². The number of ether oxygens (including phenoxy) is 3. The second-order valence-corrected chi connectivity index (χ2v) is 7.30. The van der Waals surface area contributed by atoms with Gasteiger partial charge in [0.25, 0.3) is 0 Å². The van der Waals surface area contributed by atoms with Crippen LogP contribution in [0.5, 0.6) is 17.2 Å². The van der Waals surface area contributed by atoms with Gasteiger partial charge in [0.15, 0.2) is 11.5 Å². The van der Waals surface area contributed by atoms with Gasteiger partial charge in [-0.15, -0.1) is 11.8 Å². The fourth-order valence-electron chi connectivity index (χ4n) is 2.96. The third-order valence-corrected chi connectivity index (χ3v) is 5.35. The number of nitrogens with one attached hydrogen (secondary N) is 1. The molecule has 7 nitrogen and oxygen atoms in total. The Hall–Kier alpha value is -3.26. The molecule has 0 fully saturated rings. The minimum Gasteiger partial charge on any atom is -0.494 e. The highest BCUT2D eigenvalue weighted by Gasteiger charge is 2.11. The number of hydrogen-bond acceptors (Lipinski definition) is 7. The smallest absolute Gasteiger partial charge is 0.250 e. The van der Waals surface area contributed by atoms with E-state index in [9.17, 15) is 4.79 Å². The molecule has 8 heteroatoms. The summed E-state index contributed by atoms with van der Waals surface area (Å²) in [7, 11) is 4.74. The summed E-state index contributed by atoms with van der Waals surface area (Å²) in [4.78, 5) is 17.8. The number of hydrazone groups is 1. The van der Waals surface area contributed by atoms with Crippen LogP contribution in [0.2, 0.25) is 0 Å². The molecule has 1 amide bonds. The molecule has 0 atom stereocenters. The molecule has 156 valence electrons. The maximum Gasteiger partial charge on any atom is 0.250 e. The largest absolute Gasteiger partial charge is 0.494 e. The van der Waals surface area contributed by atoms with Gasteiger partial charge < -0.3 is 14.2 Å². The Bertz CT molecular complexity index is 1090. The van der Waals surface area contributed by atoms with Gasteiger partial charge in [-0.3, -0.25) is 4.79 Å². The second-order valence-electron chi connectivity index (χ2n) is 6.28. The van der Waals surface area contributed by atoms with Gasteiger partial charge in [0.2, 0.25) is 5.91 Å². The van der Waals surface area contributed by atoms with Crippen LogP contribution in [-0.4, -0.2) is 44.2 Å². The van der Waals surface area contributed by atoms with Crippen molar-refractivity contribution in [1.29, 1.82) is 0 Å². The fraction of sp³-hybridized carbons (Fsp3) is 0.227. The van der Waals surface area contributed by atoms with E-state index in [0.29, 0.717) is 22.8 Å². The number of pyridine rings is 1. The van der Waals surface area contributed by atoms with Crippen LogP contribution in [0.1, 0.15) is 11.3 Å². The standard InChI is InChI=1S/C22H23N3O4S/c1-14-11-19(16-8-6-9-17(27-2)21(16)24-14)30-13-20(26)25-23-12-15-7-5-10-18(28-3)22(15)29-4/h5-12H,13H2,1-4H3,(H,25,26). The van der Waals surface area contributed by atoms with E-state index >= 15 is 0 Å². The highest BCUT2D eigenvalue weighted by molar-refractivity contribution is 8.00. The maximum atomic E-state index is 12.3. The Morgan fingerprint density at radius 2 is 1.83 bits per heavy atom. The molecule has 0 aliphatic rings. The fourth-order valence-corrected chi connectivity index (χ4v) is 3.89. The molecule has 0 unspecified atom stereocenters. The molecule has 30 heavy (non-hydrogen) atoms. The average Bonchev–Trinajstić information content (AvgIpc) is 2.76. The summed E-state index contributed by atoms with van der Waals surface area (Å²) in [5.41, 5.74) is 4.89. The molecule has 0 bridgehead atoms. The van der Waals surface area contributed by atoms with Gasteiger partial charge in [0.1, 0.15) is 11.3 Å². The molecule has 1 aromatic heterocycles. The van der Waals surface area contributed by atoms with E-state index in [1.807, 2.05) is 43.3 Å². The summed E-state index contributed by atoms with van der Waals surface area (Å²) in [6, 6.07) is 13.2. The Balaban J connectivity index is 1.68. The molecule has 3 rings (SSSR count). The monoisotopic (exact) mass is 425 g/mol. The number of carbonyl (C=O) groups is 1. The Kier molecular flexibility index (Phi) is 7.13. The van der Waals surface area contributed by atoms with Crippen molar-refractivity contribution in [2.75, 3.05) is 27.1 Å². The summed E-state index contributed by atoms with van der Waals surface area (Å²) in [6.45, 7) is 1.92. The van der Waals surface area contributed by atoms with Gasteiger partial charge in [0, 0.05) is 21.5 Å². The van der Waals surface area contributed by atoms with Crippen LogP contribution in [-0.2, 0) is 4.79 Å². The molecular weight excluding hydrogens is 402 g/mol. The summed E-state index contributed by atoms with van der Waals surface area (Å²) in [6.07, 6.45) is 1.53. The van der Waals surface area contributed by atoms with Crippen LogP contribution in [0.3, 0.4) is 0 Å². The van der Waals surface area contributed by atoms with E-state index in [0.717, 1.165) is 21.5 Å². The summed E-state index contributed by atoms with van der Waals surface area (Å²) >= 11 is 1.43. The van der Waals surface area contributed by atoms with Crippen LogP contribution >= 0.6 is 11.8 Å². The molecule has 0 spiro atoms. The molecule has 0 aliphatic carbocycles. The number of carbonyl (C=O) groups excluding carboxylic acids is 1. The van der Waals surface area contributed by atoms with Crippen molar-refractivity contribution in [3.05, 3.63) is 53.7 Å². The zero-order valence-electron chi connectivity index (χ0n) is 17.3. The predicted molar refractivity (Wildman–Crippen MR) is 119 cm³/mol. The van der Waals surface area contributed by atoms with Gasteiger partial charge in [-0.05, 0) is 31.2 Å². The number of thioether (sulfide) groups is 1. The van der Waals surface area contributed by atoms with Crippen LogP contribution in [0.4, 0.5) is 0 Å². The topological polar surface area (TPSA) is 82.0 Å². The predicted octanol–water partition coefficient (Wildman–Crippen LogP) is 3.81. The Morgan fingerprint density at radius 1 is 1.10 bits per heavy atom. The molecule has 1 N–H and O–H groups in total. The number of aromatic nitrogens is 1. The van der Waals surface area contributed by atoms with E-state index in [2.05, 4.69) is 15.5 Å². The number of aryl methyl sites for hydroxylation is 1. The first-order valence-corrected chi connectivity index (χ1v) is 10.2. The van der Waals surface area contributed by atoms with Crippen LogP contribution in [0.15, 0.2) is 52.5 Å². The highest BCUT2D eigenvalue weighted by Crippen LogP contribution is 2.32. The number of benzene rings is 2. The number of nitrogens with zero attached hydrogens (tertiary/aromatic N) is 2.